The van der Waals surface area contributed by atoms with E-state index in [1.807, 2.05) is 30.6 Å². The molecule has 0 saturated heterocycles. The smallest absolute Gasteiger partial charge is 0.134 e. The predicted molar refractivity (Wildman–Crippen MR) is 83.0 cm³/mol. The SMILES string of the molecule is CCNC1CCCCc2nc(Cc3ccccn3)ncc21. The van der Waals surface area contributed by atoms with Gasteiger partial charge in [0.15, 0.2) is 0 Å². The number of fused-ring (bicyclic) bond motifs is 1. The van der Waals surface area contributed by atoms with Crippen molar-refractivity contribution in [2.75, 3.05) is 6.54 Å². The Bertz CT molecular complexity index is 583. The summed E-state index contributed by atoms with van der Waals surface area (Å²) in [5.74, 6) is 0.879. The van der Waals surface area contributed by atoms with Crippen LogP contribution in [0.15, 0.2) is 30.6 Å². The van der Waals surface area contributed by atoms with Gasteiger partial charge in [-0.1, -0.05) is 19.4 Å². The van der Waals surface area contributed by atoms with Crippen molar-refractivity contribution in [2.24, 2.45) is 0 Å². The summed E-state index contributed by atoms with van der Waals surface area (Å²) in [6.07, 6.45) is 9.27. The fourth-order valence-corrected chi connectivity index (χ4v) is 2.96. The molecule has 110 valence electrons. The van der Waals surface area contributed by atoms with Gasteiger partial charge in [0, 0.05) is 35.4 Å². The molecule has 2 aromatic heterocycles. The predicted octanol–water partition coefficient (Wildman–Crippen LogP) is 2.84. The van der Waals surface area contributed by atoms with Crippen molar-refractivity contribution in [1.82, 2.24) is 20.3 Å². The van der Waals surface area contributed by atoms with E-state index in [1.54, 1.807) is 0 Å². The first-order chi connectivity index (χ1) is 10.4. The van der Waals surface area contributed by atoms with Crippen molar-refractivity contribution in [1.29, 1.82) is 0 Å². The van der Waals surface area contributed by atoms with Gasteiger partial charge in [0.05, 0.1) is 6.42 Å². The van der Waals surface area contributed by atoms with Crippen LogP contribution in [0.5, 0.6) is 0 Å². The van der Waals surface area contributed by atoms with Crippen LogP contribution in [0.2, 0.25) is 0 Å². The van der Waals surface area contributed by atoms with Crippen LogP contribution in [-0.2, 0) is 12.8 Å². The minimum absolute atomic E-state index is 0.413. The fourth-order valence-electron chi connectivity index (χ4n) is 2.96. The van der Waals surface area contributed by atoms with Crippen LogP contribution in [0, 0.1) is 0 Å². The second-order valence-corrected chi connectivity index (χ2v) is 5.54. The van der Waals surface area contributed by atoms with Crippen molar-refractivity contribution in [3.63, 3.8) is 0 Å². The fraction of sp³-hybridized carbons (Fsp3) is 0.471. The number of aryl methyl sites for hydroxylation is 1. The van der Waals surface area contributed by atoms with E-state index in [0.29, 0.717) is 12.5 Å². The van der Waals surface area contributed by atoms with E-state index < -0.39 is 0 Å². The van der Waals surface area contributed by atoms with Gasteiger partial charge in [-0.15, -0.1) is 0 Å². The van der Waals surface area contributed by atoms with Crippen molar-refractivity contribution < 1.29 is 0 Å². The van der Waals surface area contributed by atoms with E-state index in [9.17, 15) is 0 Å². The third kappa shape index (κ3) is 3.45. The van der Waals surface area contributed by atoms with Gasteiger partial charge < -0.3 is 5.32 Å². The lowest BCUT2D eigenvalue weighted by Crippen LogP contribution is -2.22. The molecule has 1 N–H and O–H groups in total. The van der Waals surface area contributed by atoms with Gasteiger partial charge in [0.25, 0.3) is 0 Å². The molecule has 0 radical (unpaired) electrons. The largest absolute Gasteiger partial charge is 0.310 e. The number of nitrogens with zero attached hydrogens (tertiary/aromatic N) is 3. The number of hydrogen-bond donors (Lipinski definition) is 1. The monoisotopic (exact) mass is 282 g/mol. The highest BCUT2D eigenvalue weighted by molar-refractivity contribution is 5.24. The first-order valence-corrected chi connectivity index (χ1v) is 7.85. The molecule has 0 bridgehead atoms. The van der Waals surface area contributed by atoms with Crippen LogP contribution in [0.1, 0.15) is 55.0 Å². The molecule has 1 unspecified atom stereocenters. The summed E-state index contributed by atoms with van der Waals surface area (Å²) in [6.45, 7) is 3.14. The number of hydrogen-bond acceptors (Lipinski definition) is 4. The molecule has 2 heterocycles. The topological polar surface area (TPSA) is 50.7 Å². The maximum atomic E-state index is 4.81. The van der Waals surface area contributed by atoms with Gasteiger partial charge in [-0.25, -0.2) is 9.97 Å². The summed E-state index contributed by atoms with van der Waals surface area (Å²) in [4.78, 5) is 13.7. The second kappa shape index (κ2) is 6.76. The first kappa shape index (κ1) is 14.1. The lowest BCUT2D eigenvalue weighted by molar-refractivity contribution is 0.502. The van der Waals surface area contributed by atoms with Crippen LogP contribution in [-0.4, -0.2) is 21.5 Å². The standard InChI is InChI=1S/C17H22N4/c1-2-18-15-8-3-4-9-16-14(15)12-20-17(21-16)11-13-7-5-6-10-19-13/h5-7,10,12,15,18H,2-4,8-9,11H2,1H3. The van der Waals surface area contributed by atoms with Gasteiger partial charge in [0.1, 0.15) is 5.82 Å². The summed E-state index contributed by atoms with van der Waals surface area (Å²) < 4.78 is 0. The van der Waals surface area contributed by atoms with Gasteiger partial charge >= 0.3 is 0 Å². The van der Waals surface area contributed by atoms with Gasteiger partial charge in [-0.05, 0) is 37.9 Å². The second-order valence-electron chi connectivity index (χ2n) is 5.54. The Morgan fingerprint density at radius 2 is 2.19 bits per heavy atom. The highest BCUT2D eigenvalue weighted by Gasteiger charge is 2.19. The summed E-state index contributed by atoms with van der Waals surface area (Å²) in [7, 11) is 0. The van der Waals surface area contributed by atoms with Crippen molar-refractivity contribution >= 4 is 0 Å². The lowest BCUT2D eigenvalue weighted by atomic mass is 10.0. The van der Waals surface area contributed by atoms with E-state index >= 15 is 0 Å². The zero-order valence-electron chi connectivity index (χ0n) is 12.5. The summed E-state index contributed by atoms with van der Waals surface area (Å²) >= 11 is 0. The molecular formula is C17H22N4. The van der Waals surface area contributed by atoms with Crippen molar-refractivity contribution in [3.8, 4) is 0 Å². The maximum Gasteiger partial charge on any atom is 0.134 e. The Kier molecular flexibility index (Phi) is 4.55. The third-order valence-electron chi connectivity index (χ3n) is 4.00. The molecule has 21 heavy (non-hydrogen) atoms. The van der Waals surface area contributed by atoms with E-state index in [2.05, 4.69) is 22.2 Å². The number of rotatable bonds is 4. The van der Waals surface area contributed by atoms with Crippen LogP contribution >= 0.6 is 0 Å². The van der Waals surface area contributed by atoms with Crippen LogP contribution in [0.4, 0.5) is 0 Å². The average molecular weight is 282 g/mol. The van der Waals surface area contributed by atoms with Crippen LogP contribution in [0.25, 0.3) is 0 Å². The van der Waals surface area contributed by atoms with Crippen molar-refractivity contribution in [2.45, 2.75) is 45.1 Å². The van der Waals surface area contributed by atoms with Crippen molar-refractivity contribution in [3.05, 3.63) is 53.4 Å². The quantitative estimate of drug-likeness (QED) is 0.876. The zero-order chi connectivity index (χ0) is 14.5. The molecule has 0 fully saturated rings. The van der Waals surface area contributed by atoms with Gasteiger partial charge in [-0.2, -0.15) is 0 Å². The lowest BCUT2D eigenvalue weighted by Gasteiger charge is -2.17. The summed E-state index contributed by atoms with van der Waals surface area (Å²) in [5.41, 5.74) is 3.54. The van der Waals surface area contributed by atoms with Gasteiger partial charge in [-0.3, -0.25) is 4.98 Å². The Balaban J connectivity index is 1.84. The maximum absolute atomic E-state index is 4.81. The Labute approximate surface area is 126 Å². The Hall–Kier alpha value is -1.81. The number of pyridine rings is 1. The average Bonchev–Trinajstić information content (AvgIpc) is 2.71. The molecule has 1 aliphatic rings. The summed E-state index contributed by atoms with van der Waals surface area (Å²) in [5, 5.41) is 3.56. The van der Waals surface area contributed by atoms with Crippen LogP contribution < -0.4 is 5.32 Å². The molecule has 0 aromatic carbocycles. The van der Waals surface area contributed by atoms with E-state index in [1.165, 1.54) is 30.5 Å². The molecular weight excluding hydrogens is 260 g/mol. The first-order valence-electron chi connectivity index (χ1n) is 7.85. The molecule has 0 spiro atoms. The number of aromatic nitrogens is 3. The normalized spacial score (nSPS) is 18.0. The highest BCUT2D eigenvalue weighted by atomic mass is 14.9. The molecule has 3 rings (SSSR count). The molecule has 1 atom stereocenters. The molecule has 2 aromatic rings. The molecule has 1 aliphatic carbocycles. The Morgan fingerprint density at radius 3 is 3.00 bits per heavy atom. The molecule has 0 saturated carbocycles. The van der Waals surface area contributed by atoms with Crippen LogP contribution in [0.3, 0.4) is 0 Å². The van der Waals surface area contributed by atoms with E-state index in [-0.39, 0.29) is 0 Å². The van der Waals surface area contributed by atoms with Gasteiger partial charge in [0.2, 0.25) is 0 Å². The molecule has 4 nitrogen and oxygen atoms in total. The molecule has 0 amide bonds. The summed E-state index contributed by atoms with van der Waals surface area (Å²) in [6, 6.07) is 6.38. The molecule has 0 aliphatic heterocycles. The zero-order valence-corrected chi connectivity index (χ0v) is 12.5. The minimum Gasteiger partial charge on any atom is -0.310 e. The number of nitrogens with one attached hydrogen (secondary N) is 1. The Morgan fingerprint density at radius 1 is 1.24 bits per heavy atom. The minimum atomic E-state index is 0.413. The van der Waals surface area contributed by atoms with E-state index in [0.717, 1.165) is 24.5 Å². The highest BCUT2D eigenvalue weighted by Crippen LogP contribution is 2.27. The molecule has 4 heteroatoms. The third-order valence-corrected chi connectivity index (χ3v) is 4.00. The van der Waals surface area contributed by atoms with E-state index in [4.69, 9.17) is 4.98 Å².